The van der Waals surface area contributed by atoms with Gasteiger partial charge in [-0.2, -0.15) is 0 Å². The Morgan fingerprint density at radius 1 is 1.07 bits per heavy atom. The SMILES string of the molecule is CC(C)c1ccc(C(=O)CN2C(=O)NC(C)(c3ccc(F)c(F)c3)C2=O)cc1. The van der Waals surface area contributed by atoms with Crippen LogP contribution in [0.4, 0.5) is 13.6 Å². The van der Waals surface area contributed by atoms with Crippen LogP contribution in [0.5, 0.6) is 0 Å². The Bertz CT molecular complexity index is 957. The van der Waals surface area contributed by atoms with Crippen molar-refractivity contribution in [2.45, 2.75) is 32.2 Å². The number of imide groups is 1. The number of nitrogens with zero attached hydrogens (tertiary/aromatic N) is 1. The first-order valence-corrected chi connectivity index (χ1v) is 8.86. The molecule has 7 heteroatoms. The van der Waals surface area contributed by atoms with Gasteiger partial charge >= 0.3 is 6.03 Å². The highest BCUT2D eigenvalue weighted by Crippen LogP contribution is 2.30. The van der Waals surface area contributed by atoms with Gasteiger partial charge in [-0.05, 0) is 36.1 Å². The molecule has 2 aromatic rings. The number of ketones is 1. The van der Waals surface area contributed by atoms with E-state index < -0.39 is 41.4 Å². The Balaban J connectivity index is 1.81. The minimum atomic E-state index is -1.58. The maximum absolute atomic E-state index is 13.6. The van der Waals surface area contributed by atoms with E-state index in [1.165, 1.54) is 13.0 Å². The summed E-state index contributed by atoms with van der Waals surface area (Å²) < 4.78 is 26.8. The molecule has 1 fully saturated rings. The number of nitrogens with one attached hydrogen (secondary N) is 1. The highest BCUT2D eigenvalue weighted by atomic mass is 19.2. The number of carbonyl (C=O) groups excluding carboxylic acids is 3. The van der Waals surface area contributed by atoms with Crippen molar-refractivity contribution in [3.05, 3.63) is 70.8 Å². The Hall–Kier alpha value is -3.09. The zero-order valence-electron chi connectivity index (χ0n) is 15.8. The number of hydrogen-bond acceptors (Lipinski definition) is 3. The number of benzene rings is 2. The zero-order chi connectivity index (χ0) is 20.6. The average molecular weight is 386 g/mol. The fourth-order valence-corrected chi connectivity index (χ4v) is 3.13. The molecular weight excluding hydrogens is 366 g/mol. The molecule has 146 valence electrons. The summed E-state index contributed by atoms with van der Waals surface area (Å²) in [6.07, 6.45) is 0. The van der Waals surface area contributed by atoms with Gasteiger partial charge in [0, 0.05) is 5.56 Å². The summed E-state index contributed by atoms with van der Waals surface area (Å²) >= 11 is 0. The number of amides is 3. The van der Waals surface area contributed by atoms with Gasteiger partial charge in [-0.3, -0.25) is 14.5 Å². The van der Waals surface area contributed by atoms with Gasteiger partial charge in [0.15, 0.2) is 17.4 Å². The van der Waals surface area contributed by atoms with Gasteiger partial charge in [-0.1, -0.05) is 44.2 Å². The quantitative estimate of drug-likeness (QED) is 0.629. The minimum absolute atomic E-state index is 0.0981. The smallest absolute Gasteiger partial charge is 0.319 e. The number of halogens is 2. The van der Waals surface area contributed by atoms with Crippen LogP contribution >= 0.6 is 0 Å². The van der Waals surface area contributed by atoms with Gasteiger partial charge in [0.05, 0.1) is 6.54 Å². The van der Waals surface area contributed by atoms with Gasteiger partial charge < -0.3 is 5.32 Å². The Labute approximate surface area is 161 Å². The second-order valence-corrected chi connectivity index (χ2v) is 7.28. The van der Waals surface area contributed by atoms with Crippen LogP contribution in [-0.4, -0.2) is 29.2 Å². The third kappa shape index (κ3) is 3.40. The Kier molecular flexibility index (Phi) is 5.02. The van der Waals surface area contributed by atoms with Gasteiger partial charge in [-0.25, -0.2) is 13.6 Å². The van der Waals surface area contributed by atoms with Crippen molar-refractivity contribution in [1.29, 1.82) is 0 Å². The molecule has 0 saturated carbocycles. The summed E-state index contributed by atoms with van der Waals surface area (Å²) in [5.74, 6) is -2.96. The lowest BCUT2D eigenvalue weighted by Gasteiger charge is -2.22. The minimum Gasteiger partial charge on any atom is -0.319 e. The van der Waals surface area contributed by atoms with Crippen LogP contribution in [0.15, 0.2) is 42.5 Å². The molecule has 0 aromatic heterocycles. The largest absolute Gasteiger partial charge is 0.325 e. The molecule has 1 unspecified atom stereocenters. The lowest BCUT2D eigenvalue weighted by molar-refractivity contribution is -0.130. The van der Waals surface area contributed by atoms with E-state index in [0.717, 1.165) is 22.6 Å². The second-order valence-electron chi connectivity index (χ2n) is 7.28. The van der Waals surface area contributed by atoms with Gasteiger partial charge in [0.25, 0.3) is 5.91 Å². The van der Waals surface area contributed by atoms with Crippen LogP contribution in [0.2, 0.25) is 0 Å². The van der Waals surface area contributed by atoms with E-state index in [2.05, 4.69) is 5.32 Å². The lowest BCUT2D eigenvalue weighted by atomic mass is 9.92. The molecular formula is C21H20F2N2O3. The number of urea groups is 1. The first-order chi connectivity index (χ1) is 13.1. The van der Waals surface area contributed by atoms with Crippen LogP contribution < -0.4 is 5.32 Å². The lowest BCUT2D eigenvalue weighted by Crippen LogP contribution is -2.41. The molecule has 1 aliphatic rings. The Morgan fingerprint density at radius 2 is 1.71 bits per heavy atom. The summed E-state index contributed by atoms with van der Waals surface area (Å²) in [5, 5.41) is 2.47. The Morgan fingerprint density at radius 3 is 2.29 bits per heavy atom. The van der Waals surface area contributed by atoms with Gasteiger partial charge in [0.2, 0.25) is 0 Å². The fraction of sp³-hybridized carbons (Fsp3) is 0.286. The van der Waals surface area contributed by atoms with Crippen molar-refractivity contribution < 1.29 is 23.2 Å². The molecule has 1 aliphatic heterocycles. The molecule has 0 spiro atoms. The van der Waals surface area contributed by atoms with Crippen LogP contribution in [0, 0.1) is 11.6 Å². The molecule has 0 bridgehead atoms. The number of rotatable bonds is 5. The van der Waals surface area contributed by atoms with Crippen molar-refractivity contribution >= 4 is 17.7 Å². The number of Topliss-reactive ketones (excluding diaryl/α,β-unsaturated/α-hetero) is 1. The molecule has 1 atom stereocenters. The van der Waals surface area contributed by atoms with E-state index in [1.54, 1.807) is 12.1 Å². The van der Waals surface area contributed by atoms with Crippen LogP contribution in [0.1, 0.15) is 48.2 Å². The molecule has 3 amide bonds. The molecule has 28 heavy (non-hydrogen) atoms. The third-order valence-corrected chi connectivity index (χ3v) is 4.97. The molecule has 1 saturated heterocycles. The second kappa shape index (κ2) is 7.14. The van der Waals surface area contributed by atoms with Gasteiger partial charge in [-0.15, -0.1) is 0 Å². The van der Waals surface area contributed by atoms with Crippen LogP contribution in [0.3, 0.4) is 0 Å². The highest BCUT2D eigenvalue weighted by molar-refractivity contribution is 6.11. The summed E-state index contributed by atoms with van der Waals surface area (Å²) in [6.45, 7) is 5.01. The predicted octanol–water partition coefficient (Wildman–Crippen LogP) is 3.74. The van der Waals surface area contributed by atoms with Crippen LogP contribution in [-0.2, 0) is 10.3 Å². The maximum Gasteiger partial charge on any atom is 0.325 e. The first-order valence-electron chi connectivity index (χ1n) is 8.86. The van der Waals surface area contributed by atoms with Crippen molar-refractivity contribution in [2.75, 3.05) is 6.54 Å². The maximum atomic E-state index is 13.6. The zero-order valence-corrected chi connectivity index (χ0v) is 15.8. The van der Waals surface area contributed by atoms with Crippen molar-refractivity contribution in [2.24, 2.45) is 0 Å². The highest BCUT2D eigenvalue weighted by Gasteiger charge is 2.49. The summed E-state index contributed by atoms with van der Waals surface area (Å²) in [5.41, 5.74) is -0.0298. The monoisotopic (exact) mass is 386 g/mol. The molecule has 1 heterocycles. The number of hydrogen-bond donors (Lipinski definition) is 1. The molecule has 1 N–H and O–H groups in total. The molecule has 0 aliphatic carbocycles. The topological polar surface area (TPSA) is 66.5 Å². The molecule has 3 rings (SSSR count). The average Bonchev–Trinajstić information content (AvgIpc) is 2.88. The standard InChI is InChI=1S/C21H20F2N2O3/c1-12(2)13-4-6-14(7-5-13)18(26)11-25-19(27)21(3,24-20(25)28)15-8-9-16(22)17(23)10-15/h4-10,12H,11H2,1-3H3,(H,24,28). The summed E-state index contributed by atoms with van der Waals surface area (Å²) in [4.78, 5) is 38.5. The predicted molar refractivity (Wildman–Crippen MR) is 98.8 cm³/mol. The van der Waals surface area contributed by atoms with E-state index in [4.69, 9.17) is 0 Å². The van der Waals surface area contributed by atoms with E-state index in [0.29, 0.717) is 11.5 Å². The van der Waals surface area contributed by atoms with Crippen molar-refractivity contribution in [1.82, 2.24) is 10.2 Å². The summed E-state index contributed by atoms with van der Waals surface area (Å²) in [7, 11) is 0. The van der Waals surface area contributed by atoms with E-state index in [1.807, 2.05) is 26.0 Å². The number of carbonyl (C=O) groups is 3. The van der Waals surface area contributed by atoms with E-state index in [-0.39, 0.29) is 5.56 Å². The van der Waals surface area contributed by atoms with Gasteiger partial charge in [0.1, 0.15) is 5.54 Å². The fourth-order valence-electron chi connectivity index (χ4n) is 3.13. The van der Waals surface area contributed by atoms with Crippen molar-refractivity contribution in [3.8, 4) is 0 Å². The molecule has 5 nitrogen and oxygen atoms in total. The van der Waals surface area contributed by atoms with Crippen LogP contribution in [0.25, 0.3) is 0 Å². The van der Waals surface area contributed by atoms with E-state index >= 15 is 0 Å². The first kappa shape index (κ1) is 19.7. The molecule has 0 radical (unpaired) electrons. The summed E-state index contributed by atoms with van der Waals surface area (Å²) in [6, 6.07) is 9.19. The third-order valence-electron chi connectivity index (χ3n) is 4.97. The van der Waals surface area contributed by atoms with Crippen molar-refractivity contribution in [3.63, 3.8) is 0 Å². The normalized spacial score (nSPS) is 19.3. The molecule has 2 aromatic carbocycles. The van der Waals surface area contributed by atoms with E-state index in [9.17, 15) is 23.2 Å².